The van der Waals surface area contributed by atoms with Gasteiger partial charge in [-0.1, -0.05) is 140 Å². The molecule has 244 valence electrons. The van der Waals surface area contributed by atoms with E-state index in [-0.39, 0.29) is 5.75 Å². The van der Waals surface area contributed by atoms with Crippen molar-refractivity contribution in [3.63, 3.8) is 0 Å². The molecule has 1 N–H and O–H groups in total. The van der Waals surface area contributed by atoms with Gasteiger partial charge in [-0.25, -0.2) is 15.0 Å². The SMILES string of the molecule is Oc1cccc(-c2nc(-c3ccccc3)nc(-c3ccc4ccc5ccccc5c4c3)n2)c1-c1ccccc1-c1ccc2oc3ccccc3c2c1. The molecule has 0 aliphatic carbocycles. The number of benzene rings is 8. The number of hydrogen-bond donors (Lipinski definition) is 1. The second-order valence-corrected chi connectivity index (χ2v) is 12.9. The van der Waals surface area contributed by atoms with Crippen LogP contribution in [0.5, 0.6) is 5.75 Å². The van der Waals surface area contributed by atoms with E-state index in [4.69, 9.17) is 19.4 Å². The van der Waals surface area contributed by atoms with Crippen LogP contribution in [0.1, 0.15) is 0 Å². The monoisotopic (exact) mass is 667 g/mol. The summed E-state index contributed by atoms with van der Waals surface area (Å²) >= 11 is 0. The van der Waals surface area contributed by atoms with Crippen molar-refractivity contribution in [2.75, 3.05) is 0 Å². The molecule has 8 aromatic carbocycles. The maximum absolute atomic E-state index is 11.7. The number of rotatable bonds is 5. The summed E-state index contributed by atoms with van der Waals surface area (Å²) in [6.45, 7) is 0. The normalized spacial score (nSPS) is 11.5. The van der Waals surface area contributed by atoms with Crippen LogP contribution in [0.2, 0.25) is 0 Å². The summed E-state index contributed by atoms with van der Waals surface area (Å²) in [7, 11) is 0. The molecule has 0 spiro atoms. The highest BCUT2D eigenvalue weighted by Crippen LogP contribution is 2.44. The van der Waals surface area contributed by atoms with Crippen molar-refractivity contribution in [3.05, 3.63) is 170 Å². The van der Waals surface area contributed by atoms with Gasteiger partial charge in [-0.3, -0.25) is 0 Å². The zero-order valence-corrected chi connectivity index (χ0v) is 27.9. The van der Waals surface area contributed by atoms with Crippen LogP contribution in [0.4, 0.5) is 0 Å². The quantitative estimate of drug-likeness (QED) is 0.185. The lowest BCUT2D eigenvalue weighted by Gasteiger charge is -2.16. The Morgan fingerprint density at radius 3 is 1.83 bits per heavy atom. The number of phenolic OH excluding ortho intramolecular Hbond substituents is 1. The van der Waals surface area contributed by atoms with E-state index in [9.17, 15) is 5.11 Å². The van der Waals surface area contributed by atoms with Crippen LogP contribution in [0, 0.1) is 0 Å². The predicted molar refractivity (Wildman–Crippen MR) is 211 cm³/mol. The Bertz CT molecular complexity index is 2990. The van der Waals surface area contributed by atoms with Crippen molar-refractivity contribution in [2.45, 2.75) is 0 Å². The second kappa shape index (κ2) is 12.0. The van der Waals surface area contributed by atoms with Crippen molar-refractivity contribution >= 4 is 43.5 Å². The predicted octanol–water partition coefficient (Wildman–Crippen LogP) is 12.1. The topological polar surface area (TPSA) is 72.0 Å². The maximum atomic E-state index is 11.7. The largest absolute Gasteiger partial charge is 0.507 e. The van der Waals surface area contributed by atoms with Gasteiger partial charge >= 0.3 is 0 Å². The molecule has 10 aromatic rings. The van der Waals surface area contributed by atoms with Gasteiger partial charge in [0.2, 0.25) is 0 Å². The first-order valence-corrected chi connectivity index (χ1v) is 17.2. The lowest BCUT2D eigenvalue weighted by atomic mass is 9.90. The van der Waals surface area contributed by atoms with Gasteiger partial charge in [0.25, 0.3) is 0 Å². The number of aromatic hydroxyl groups is 1. The molecule has 0 bridgehead atoms. The second-order valence-electron chi connectivity index (χ2n) is 12.9. The molecule has 0 radical (unpaired) electrons. The summed E-state index contributed by atoms with van der Waals surface area (Å²) < 4.78 is 6.13. The molecule has 10 rings (SSSR count). The average molecular weight is 668 g/mol. The molecule has 0 fully saturated rings. The molecule has 0 unspecified atom stereocenters. The highest BCUT2D eigenvalue weighted by molar-refractivity contribution is 6.09. The first kappa shape index (κ1) is 29.8. The third-order valence-corrected chi connectivity index (χ3v) is 9.84. The summed E-state index contributed by atoms with van der Waals surface area (Å²) in [6.07, 6.45) is 0. The molecule has 0 aliphatic rings. The van der Waals surface area contributed by atoms with Crippen LogP contribution in [-0.4, -0.2) is 20.1 Å². The molecule has 0 aliphatic heterocycles. The zero-order chi connectivity index (χ0) is 34.6. The Labute approximate surface area is 299 Å². The minimum atomic E-state index is 0.139. The Morgan fingerprint density at radius 2 is 0.962 bits per heavy atom. The van der Waals surface area contributed by atoms with Gasteiger partial charge in [0.15, 0.2) is 17.5 Å². The van der Waals surface area contributed by atoms with Crippen molar-refractivity contribution < 1.29 is 9.52 Å². The highest BCUT2D eigenvalue weighted by atomic mass is 16.3. The van der Waals surface area contributed by atoms with Crippen LogP contribution >= 0.6 is 0 Å². The minimum Gasteiger partial charge on any atom is -0.507 e. The lowest BCUT2D eigenvalue weighted by Crippen LogP contribution is -2.01. The molecular weight excluding hydrogens is 639 g/mol. The van der Waals surface area contributed by atoms with E-state index in [2.05, 4.69) is 78.9 Å². The smallest absolute Gasteiger partial charge is 0.164 e. The van der Waals surface area contributed by atoms with Crippen molar-refractivity contribution in [2.24, 2.45) is 0 Å². The average Bonchev–Trinajstić information content (AvgIpc) is 3.59. The van der Waals surface area contributed by atoms with E-state index in [1.165, 1.54) is 10.8 Å². The van der Waals surface area contributed by atoms with E-state index in [0.29, 0.717) is 28.6 Å². The Morgan fingerprint density at radius 1 is 0.365 bits per heavy atom. The van der Waals surface area contributed by atoms with E-state index in [1.807, 2.05) is 84.9 Å². The van der Waals surface area contributed by atoms with Gasteiger partial charge in [0.05, 0.1) is 0 Å². The van der Waals surface area contributed by atoms with E-state index in [1.54, 1.807) is 6.07 Å². The number of hydrogen-bond acceptors (Lipinski definition) is 5. The van der Waals surface area contributed by atoms with Crippen LogP contribution in [0.3, 0.4) is 0 Å². The maximum Gasteiger partial charge on any atom is 0.164 e. The van der Waals surface area contributed by atoms with Gasteiger partial charge in [-0.05, 0) is 68.6 Å². The van der Waals surface area contributed by atoms with Crippen molar-refractivity contribution in [1.29, 1.82) is 0 Å². The Hall–Kier alpha value is -7.11. The van der Waals surface area contributed by atoms with Gasteiger partial charge in [0, 0.05) is 33.0 Å². The summed E-state index contributed by atoms with van der Waals surface area (Å²) in [4.78, 5) is 15.2. The molecule has 5 heteroatoms. The fraction of sp³-hybridized carbons (Fsp3) is 0. The zero-order valence-electron chi connectivity index (χ0n) is 27.9. The fourth-order valence-electron chi connectivity index (χ4n) is 7.34. The number of nitrogens with zero attached hydrogens (tertiary/aromatic N) is 3. The third-order valence-electron chi connectivity index (χ3n) is 9.84. The lowest BCUT2D eigenvalue weighted by molar-refractivity contribution is 0.477. The number of aromatic nitrogens is 3. The van der Waals surface area contributed by atoms with Gasteiger partial charge < -0.3 is 9.52 Å². The number of fused-ring (bicyclic) bond motifs is 6. The van der Waals surface area contributed by atoms with E-state index in [0.717, 1.165) is 60.5 Å². The van der Waals surface area contributed by atoms with Gasteiger partial charge in [0.1, 0.15) is 16.9 Å². The molecule has 52 heavy (non-hydrogen) atoms. The van der Waals surface area contributed by atoms with E-state index < -0.39 is 0 Å². The van der Waals surface area contributed by atoms with Gasteiger partial charge in [-0.2, -0.15) is 0 Å². The van der Waals surface area contributed by atoms with Crippen molar-refractivity contribution in [3.8, 4) is 62.2 Å². The standard InChI is InChI=1S/C47H29N3O2/c51-41-19-10-18-38(44(41)37-17-7-6-15-35(37)32-25-26-43-40(27-32)36-16-8-9-20-42(36)52-43)47-49-45(31-12-2-1-3-13-31)48-46(50-47)33-24-23-30-22-21-29-11-4-5-14-34(29)39(30)28-33/h1-28,51H. The summed E-state index contributed by atoms with van der Waals surface area (Å²) in [5.74, 6) is 1.72. The third kappa shape index (κ3) is 4.98. The van der Waals surface area contributed by atoms with Gasteiger partial charge in [-0.15, -0.1) is 0 Å². The van der Waals surface area contributed by atoms with Crippen LogP contribution in [-0.2, 0) is 0 Å². The van der Waals surface area contributed by atoms with Crippen LogP contribution in [0.25, 0.3) is 99.9 Å². The number of phenols is 1. The van der Waals surface area contributed by atoms with Crippen LogP contribution < -0.4 is 0 Å². The molecule has 0 saturated carbocycles. The molecule has 0 amide bonds. The molecule has 0 saturated heterocycles. The number of furan rings is 1. The van der Waals surface area contributed by atoms with Crippen LogP contribution in [0.15, 0.2) is 174 Å². The summed E-state index contributed by atoms with van der Waals surface area (Å²) in [6, 6.07) is 57.1. The number of para-hydroxylation sites is 1. The first-order chi connectivity index (χ1) is 25.7. The highest BCUT2D eigenvalue weighted by Gasteiger charge is 2.21. The fourth-order valence-corrected chi connectivity index (χ4v) is 7.34. The molecular formula is C47H29N3O2. The first-order valence-electron chi connectivity index (χ1n) is 17.2. The summed E-state index contributed by atoms with van der Waals surface area (Å²) in [5, 5.41) is 18.4. The summed E-state index contributed by atoms with van der Waals surface area (Å²) in [5.41, 5.74) is 7.64. The Balaban J connectivity index is 1.18. The molecule has 0 atom stereocenters. The van der Waals surface area contributed by atoms with E-state index >= 15 is 0 Å². The molecule has 2 heterocycles. The minimum absolute atomic E-state index is 0.139. The molecule has 5 nitrogen and oxygen atoms in total. The molecule has 2 aromatic heterocycles. The Kier molecular flexibility index (Phi) is 6.89. The van der Waals surface area contributed by atoms with Crippen molar-refractivity contribution in [1.82, 2.24) is 15.0 Å².